The van der Waals surface area contributed by atoms with Crippen LogP contribution in [-0.4, -0.2) is 85.0 Å². The molecule has 1 aromatic carbocycles. The van der Waals surface area contributed by atoms with Crippen molar-refractivity contribution >= 4 is 64.9 Å². The minimum Gasteiger partial charge on any atom is -0.477 e. The highest BCUT2D eigenvalue weighted by Crippen LogP contribution is 2.41. The number of hydrogen-bond acceptors (Lipinski definition) is 13. The second-order valence-electron chi connectivity index (χ2n) is 10.3. The van der Waals surface area contributed by atoms with Crippen LogP contribution in [0.4, 0.5) is 9.59 Å². The number of alkyl carbamates (subject to hydrolysis) is 1. The Morgan fingerprint density at radius 3 is 2.56 bits per heavy atom. The van der Waals surface area contributed by atoms with E-state index >= 15 is 0 Å². The van der Waals surface area contributed by atoms with E-state index in [0.717, 1.165) is 0 Å². The third-order valence-corrected chi connectivity index (χ3v) is 9.04. The van der Waals surface area contributed by atoms with Gasteiger partial charge in [-0.1, -0.05) is 35.2 Å². The normalized spacial score (nSPS) is 18.6. The lowest BCUT2D eigenvalue weighted by Crippen LogP contribution is -2.70. The van der Waals surface area contributed by atoms with Crippen LogP contribution in [0.5, 0.6) is 5.75 Å². The number of aliphatic carboxylic acids is 1. The molecule has 2 aliphatic rings. The van der Waals surface area contributed by atoms with Crippen molar-refractivity contribution in [2.75, 3.05) is 11.5 Å². The molecular weight excluding hydrogens is 623 g/mol. The van der Waals surface area contributed by atoms with E-state index in [9.17, 15) is 29.1 Å². The van der Waals surface area contributed by atoms with E-state index in [-0.39, 0.29) is 17.9 Å². The third kappa shape index (κ3) is 8.61. The summed E-state index contributed by atoms with van der Waals surface area (Å²) < 4.78 is 15.9. The van der Waals surface area contributed by atoms with Crippen LogP contribution in [0.25, 0.3) is 0 Å². The fourth-order valence-electron chi connectivity index (χ4n) is 4.02. The number of aromatic nitrogens is 2. The number of amides is 3. The standard InChI is InChI=1S/C26H29N5O9S3/c1-13(28-23(36)40-26(2,3)4)38-25(37)39-16-7-5-14(6-8-16)9-17(32)29-18-20(33)31-19(22(34)35)15(10-41-21(18)31)11-42-24-30-27-12-43-24/h5-8,12-13,18,21H,9-11H2,1-4H3,(H,28,36)(H,29,32)(H,34,35)/t13?,18?,21-/m0/s1. The molecule has 4 rings (SSSR count). The Morgan fingerprint density at radius 2 is 1.93 bits per heavy atom. The highest BCUT2D eigenvalue weighted by atomic mass is 32.2. The molecule has 0 radical (unpaired) electrons. The van der Waals surface area contributed by atoms with E-state index < -0.39 is 53.3 Å². The first-order valence-electron chi connectivity index (χ1n) is 12.9. The van der Waals surface area contributed by atoms with E-state index in [0.29, 0.717) is 27.0 Å². The number of thioether (sulfide) groups is 2. The first-order valence-corrected chi connectivity index (χ1v) is 15.8. The SMILES string of the molecule is CC(NC(=O)OC(C)(C)C)OC(=O)Oc1ccc(CC(=O)NC2C(=O)N3C(C(=O)O)=C(CSc4nncs4)CS[C@@H]23)cc1. The maximum absolute atomic E-state index is 12.9. The molecule has 43 heavy (non-hydrogen) atoms. The number of nitrogens with zero attached hydrogens (tertiary/aromatic N) is 3. The van der Waals surface area contributed by atoms with Gasteiger partial charge >= 0.3 is 18.2 Å². The number of ether oxygens (including phenoxy) is 3. The van der Waals surface area contributed by atoms with Gasteiger partial charge in [0.15, 0.2) is 10.6 Å². The molecule has 2 aromatic rings. The Hall–Kier alpha value is -3.83. The van der Waals surface area contributed by atoms with Gasteiger partial charge < -0.3 is 24.6 Å². The summed E-state index contributed by atoms with van der Waals surface area (Å²) in [6, 6.07) is 5.23. The van der Waals surface area contributed by atoms with Crippen molar-refractivity contribution in [3.63, 3.8) is 0 Å². The van der Waals surface area contributed by atoms with Crippen molar-refractivity contribution in [1.82, 2.24) is 25.7 Å². The van der Waals surface area contributed by atoms with E-state index in [2.05, 4.69) is 20.8 Å². The van der Waals surface area contributed by atoms with Crippen LogP contribution < -0.4 is 15.4 Å². The molecule has 0 bridgehead atoms. The highest BCUT2D eigenvalue weighted by molar-refractivity contribution is 8.01. The average molecular weight is 652 g/mol. The maximum Gasteiger partial charge on any atom is 0.515 e. The van der Waals surface area contributed by atoms with E-state index in [1.54, 1.807) is 38.4 Å². The Bertz CT molecular complexity index is 1410. The van der Waals surface area contributed by atoms with Gasteiger partial charge in [0.25, 0.3) is 5.91 Å². The number of β-lactam (4-membered cyclic amide) rings is 1. The Labute approximate surface area is 258 Å². The zero-order chi connectivity index (χ0) is 31.3. The predicted molar refractivity (Wildman–Crippen MR) is 156 cm³/mol. The summed E-state index contributed by atoms with van der Waals surface area (Å²) >= 11 is 4.09. The van der Waals surface area contributed by atoms with Gasteiger partial charge in [-0.2, -0.15) is 0 Å². The van der Waals surface area contributed by atoms with E-state index in [1.807, 2.05) is 0 Å². The number of hydrogen-bond donors (Lipinski definition) is 3. The predicted octanol–water partition coefficient (Wildman–Crippen LogP) is 3.00. The monoisotopic (exact) mass is 651 g/mol. The fraction of sp³-hybridized carbons (Fsp3) is 0.423. The molecule has 1 fully saturated rings. The van der Waals surface area contributed by atoms with Crippen molar-refractivity contribution in [2.45, 2.75) is 61.7 Å². The first-order chi connectivity index (χ1) is 20.3. The van der Waals surface area contributed by atoms with Crippen LogP contribution in [0, 0.1) is 0 Å². The van der Waals surface area contributed by atoms with Crippen LogP contribution in [0.2, 0.25) is 0 Å². The summed E-state index contributed by atoms with van der Waals surface area (Å²) in [6.45, 7) is 6.53. The van der Waals surface area contributed by atoms with Crippen molar-refractivity contribution in [3.05, 3.63) is 46.6 Å². The lowest BCUT2D eigenvalue weighted by molar-refractivity contribution is -0.150. The Kier molecular flexibility index (Phi) is 10.2. The van der Waals surface area contributed by atoms with E-state index in [4.69, 9.17) is 14.2 Å². The lowest BCUT2D eigenvalue weighted by atomic mass is 10.0. The van der Waals surface area contributed by atoms with Gasteiger partial charge in [0.1, 0.15) is 34.0 Å². The number of carbonyl (C=O) groups is 5. The molecule has 3 N–H and O–H groups in total. The average Bonchev–Trinajstić information content (AvgIpc) is 3.43. The van der Waals surface area contributed by atoms with Gasteiger partial charge in [0.2, 0.25) is 5.91 Å². The summed E-state index contributed by atoms with van der Waals surface area (Å²) in [5.74, 6) is -1.21. The molecule has 14 nitrogen and oxygen atoms in total. The van der Waals surface area contributed by atoms with Crippen LogP contribution in [0.1, 0.15) is 33.3 Å². The number of nitrogens with one attached hydrogen (secondary N) is 2. The quantitative estimate of drug-likeness (QED) is 0.112. The summed E-state index contributed by atoms with van der Waals surface area (Å²) in [6.07, 6.45) is -2.87. The van der Waals surface area contributed by atoms with Gasteiger partial charge in [-0.15, -0.1) is 22.0 Å². The van der Waals surface area contributed by atoms with Crippen LogP contribution in [-0.2, 0) is 30.3 Å². The second-order valence-corrected chi connectivity index (χ2v) is 13.4. The number of fused-ring (bicyclic) bond motifs is 1. The van der Waals surface area contributed by atoms with Gasteiger partial charge in [0, 0.05) is 11.5 Å². The Balaban J connectivity index is 1.25. The molecule has 0 aliphatic carbocycles. The number of benzene rings is 1. The molecule has 3 heterocycles. The molecule has 0 saturated carbocycles. The molecule has 17 heteroatoms. The van der Waals surface area contributed by atoms with Crippen LogP contribution in [0.15, 0.2) is 45.4 Å². The summed E-state index contributed by atoms with van der Waals surface area (Å²) in [5.41, 5.74) is 2.01. The van der Waals surface area contributed by atoms with Crippen LogP contribution in [0.3, 0.4) is 0 Å². The Morgan fingerprint density at radius 1 is 1.21 bits per heavy atom. The van der Waals surface area contributed by atoms with Crippen LogP contribution >= 0.6 is 34.9 Å². The number of carboxylic acids is 1. The topological polar surface area (TPSA) is 186 Å². The van der Waals surface area contributed by atoms with Crippen molar-refractivity contribution in [2.24, 2.45) is 0 Å². The number of rotatable bonds is 10. The second kappa shape index (κ2) is 13.6. The summed E-state index contributed by atoms with van der Waals surface area (Å²) in [5, 5.41) is 22.1. The molecule has 3 atom stereocenters. The van der Waals surface area contributed by atoms with Gasteiger partial charge in [0.05, 0.1) is 6.42 Å². The van der Waals surface area contributed by atoms with Gasteiger partial charge in [-0.05, 0) is 51.0 Å². The van der Waals surface area contributed by atoms with Gasteiger partial charge in [-0.25, -0.2) is 14.4 Å². The molecular formula is C26H29N5O9S3. The summed E-state index contributed by atoms with van der Waals surface area (Å²) in [4.78, 5) is 62.7. The maximum atomic E-state index is 12.9. The largest absolute Gasteiger partial charge is 0.515 e. The number of carbonyl (C=O) groups excluding carboxylic acids is 4. The lowest BCUT2D eigenvalue weighted by Gasteiger charge is -2.49. The molecule has 0 spiro atoms. The molecule has 1 aromatic heterocycles. The summed E-state index contributed by atoms with van der Waals surface area (Å²) in [7, 11) is 0. The van der Waals surface area contributed by atoms with Gasteiger partial charge in [-0.3, -0.25) is 19.8 Å². The molecule has 3 amide bonds. The van der Waals surface area contributed by atoms with E-state index in [1.165, 1.54) is 58.8 Å². The van der Waals surface area contributed by atoms with Crippen molar-refractivity contribution < 1.29 is 43.3 Å². The zero-order valence-corrected chi connectivity index (χ0v) is 26.0. The number of carboxylic acid groups (broad SMARTS) is 1. The molecule has 1 saturated heterocycles. The molecule has 230 valence electrons. The minimum absolute atomic E-state index is 0.0552. The molecule has 2 unspecified atom stereocenters. The highest BCUT2D eigenvalue weighted by Gasteiger charge is 2.54. The first kappa shape index (κ1) is 32.1. The third-order valence-electron chi connectivity index (χ3n) is 5.76. The smallest absolute Gasteiger partial charge is 0.477 e. The fourth-order valence-corrected chi connectivity index (χ4v) is 7.00. The molecule has 2 aliphatic heterocycles. The minimum atomic E-state index is -1.20. The van der Waals surface area contributed by atoms with Crippen molar-refractivity contribution in [3.8, 4) is 5.75 Å². The van der Waals surface area contributed by atoms with Crippen molar-refractivity contribution in [1.29, 1.82) is 0 Å². The zero-order valence-electron chi connectivity index (χ0n) is 23.5.